The second-order valence-electron chi connectivity index (χ2n) is 4.10. The normalized spacial score (nSPS) is 14.0. The Bertz CT molecular complexity index is 384. The van der Waals surface area contributed by atoms with E-state index in [0.717, 1.165) is 11.3 Å². The fourth-order valence-corrected chi connectivity index (χ4v) is 2.65. The van der Waals surface area contributed by atoms with Crippen LogP contribution in [0.25, 0.3) is 0 Å². The molecule has 102 valence electrons. The van der Waals surface area contributed by atoms with E-state index in [4.69, 9.17) is 16.7 Å². The predicted octanol–water partition coefficient (Wildman–Crippen LogP) is 2.92. The zero-order chi connectivity index (χ0) is 13.5. The molecule has 2 atom stereocenters. The van der Waals surface area contributed by atoms with Gasteiger partial charge in [0.2, 0.25) is 0 Å². The van der Waals surface area contributed by atoms with Gasteiger partial charge >= 0.3 is 6.03 Å². The van der Waals surface area contributed by atoms with Gasteiger partial charge in [-0.15, -0.1) is 11.3 Å². The minimum Gasteiger partial charge on any atom is -0.396 e. The molecular weight excluding hydrogens is 272 g/mol. The number of halogens is 1. The average Bonchev–Trinajstić information content (AvgIpc) is 2.75. The third kappa shape index (κ3) is 4.84. The third-order valence-corrected chi connectivity index (χ3v) is 4.09. The summed E-state index contributed by atoms with van der Waals surface area (Å²) in [5, 5.41) is 14.5. The van der Waals surface area contributed by atoms with E-state index in [1.54, 1.807) is 0 Å². The van der Waals surface area contributed by atoms with Crippen molar-refractivity contribution in [2.24, 2.45) is 0 Å². The zero-order valence-corrected chi connectivity index (χ0v) is 12.1. The molecule has 0 bridgehead atoms. The minimum absolute atomic E-state index is 0.00845. The number of hydrogen-bond donors (Lipinski definition) is 3. The van der Waals surface area contributed by atoms with Gasteiger partial charge in [-0.2, -0.15) is 0 Å². The third-order valence-electron chi connectivity index (χ3n) is 2.67. The molecule has 0 aromatic carbocycles. The molecule has 0 saturated heterocycles. The van der Waals surface area contributed by atoms with E-state index in [0.29, 0.717) is 10.8 Å². The van der Waals surface area contributed by atoms with Crippen molar-refractivity contribution < 1.29 is 9.90 Å². The lowest BCUT2D eigenvalue weighted by atomic mass is 10.1. The molecule has 0 fully saturated rings. The monoisotopic (exact) mass is 290 g/mol. The van der Waals surface area contributed by atoms with E-state index >= 15 is 0 Å². The Morgan fingerprint density at radius 3 is 2.72 bits per heavy atom. The van der Waals surface area contributed by atoms with Gasteiger partial charge in [-0.1, -0.05) is 18.5 Å². The number of aliphatic hydroxyl groups excluding tert-OH is 1. The van der Waals surface area contributed by atoms with Crippen LogP contribution in [0.4, 0.5) is 4.79 Å². The highest BCUT2D eigenvalue weighted by molar-refractivity contribution is 7.16. The van der Waals surface area contributed by atoms with Crippen LogP contribution in [0, 0.1) is 0 Å². The molecule has 6 heteroatoms. The molecule has 0 saturated carbocycles. The molecule has 1 aromatic heterocycles. The lowest BCUT2D eigenvalue weighted by molar-refractivity contribution is 0.225. The lowest BCUT2D eigenvalue weighted by Gasteiger charge is -2.18. The highest BCUT2D eigenvalue weighted by atomic mass is 35.5. The fourth-order valence-electron chi connectivity index (χ4n) is 1.59. The van der Waals surface area contributed by atoms with Gasteiger partial charge in [0.15, 0.2) is 0 Å². The van der Waals surface area contributed by atoms with Crippen molar-refractivity contribution in [3.05, 3.63) is 21.3 Å². The lowest BCUT2D eigenvalue weighted by Crippen LogP contribution is -2.43. The Morgan fingerprint density at radius 1 is 1.50 bits per heavy atom. The number of nitrogens with one attached hydrogen (secondary N) is 2. The number of rotatable bonds is 6. The van der Waals surface area contributed by atoms with E-state index in [9.17, 15) is 4.79 Å². The molecule has 0 aliphatic heterocycles. The van der Waals surface area contributed by atoms with Crippen LogP contribution in [0.5, 0.6) is 0 Å². The van der Waals surface area contributed by atoms with Crippen LogP contribution in [0.3, 0.4) is 0 Å². The van der Waals surface area contributed by atoms with Crippen molar-refractivity contribution in [1.82, 2.24) is 10.6 Å². The predicted molar refractivity (Wildman–Crippen MR) is 75.2 cm³/mol. The van der Waals surface area contributed by atoms with Gasteiger partial charge in [0.25, 0.3) is 0 Å². The van der Waals surface area contributed by atoms with Crippen LogP contribution in [0.2, 0.25) is 4.34 Å². The largest absolute Gasteiger partial charge is 0.396 e. The maximum atomic E-state index is 11.7. The maximum absolute atomic E-state index is 11.7. The van der Waals surface area contributed by atoms with Gasteiger partial charge in [-0.05, 0) is 31.9 Å². The molecule has 1 aromatic rings. The smallest absolute Gasteiger partial charge is 0.315 e. The van der Waals surface area contributed by atoms with Gasteiger partial charge in [0.05, 0.1) is 10.4 Å². The topological polar surface area (TPSA) is 61.4 Å². The number of carbonyl (C=O) groups excluding carboxylic acids is 1. The molecule has 4 nitrogen and oxygen atoms in total. The number of aliphatic hydroxyl groups is 1. The Labute approximate surface area is 116 Å². The first-order valence-electron chi connectivity index (χ1n) is 6.00. The first kappa shape index (κ1) is 15.3. The van der Waals surface area contributed by atoms with E-state index < -0.39 is 0 Å². The van der Waals surface area contributed by atoms with Gasteiger partial charge in [0.1, 0.15) is 0 Å². The van der Waals surface area contributed by atoms with Crippen molar-refractivity contribution in [1.29, 1.82) is 0 Å². The van der Waals surface area contributed by atoms with E-state index in [1.807, 2.05) is 26.0 Å². The Kier molecular flexibility index (Phi) is 6.46. The molecule has 0 aliphatic rings. The Hall–Kier alpha value is -0.780. The molecule has 1 rings (SSSR count). The quantitative estimate of drug-likeness (QED) is 0.754. The van der Waals surface area contributed by atoms with Crippen molar-refractivity contribution in [3.8, 4) is 0 Å². The molecule has 0 radical (unpaired) electrons. The summed E-state index contributed by atoms with van der Waals surface area (Å²) in [6.07, 6.45) is 1.37. The van der Waals surface area contributed by atoms with Crippen LogP contribution in [0.15, 0.2) is 12.1 Å². The minimum atomic E-state index is -0.215. The number of urea groups is 1. The first-order valence-corrected chi connectivity index (χ1v) is 7.19. The Balaban J connectivity index is 2.44. The summed E-state index contributed by atoms with van der Waals surface area (Å²) in [4.78, 5) is 12.8. The Morgan fingerprint density at radius 2 is 2.22 bits per heavy atom. The highest BCUT2D eigenvalue weighted by Gasteiger charge is 2.14. The van der Waals surface area contributed by atoms with Gasteiger partial charge < -0.3 is 15.7 Å². The summed E-state index contributed by atoms with van der Waals surface area (Å²) < 4.78 is 0.714. The molecule has 1 heterocycles. The molecule has 3 N–H and O–H groups in total. The number of thiophene rings is 1. The summed E-state index contributed by atoms with van der Waals surface area (Å²) >= 11 is 7.31. The summed E-state index contributed by atoms with van der Waals surface area (Å²) in [5.41, 5.74) is 0. The van der Waals surface area contributed by atoms with E-state index in [-0.39, 0.29) is 24.7 Å². The number of hydrogen-bond acceptors (Lipinski definition) is 3. The number of carbonyl (C=O) groups is 1. The summed E-state index contributed by atoms with van der Waals surface area (Å²) in [7, 11) is 0. The van der Waals surface area contributed by atoms with E-state index in [1.165, 1.54) is 11.3 Å². The van der Waals surface area contributed by atoms with Crippen molar-refractivity contribution in [2.45, 2.75) is 38.8 Å². The molecule has 2 amide bonds. The standard InChI is InChI=1S/C12H19ClN2O2S/c1-3-9(6-7-16)15-12(17)14-8(2)10-4-5-11(13)18-10/h4-5,8-9,16H,3,6-7H2,1-2H3,(H2,14,15,17). The van der Waals surface area contributed by atoms with Crippen LogP contribution in [-0.4, -0.2) is 23.8 Å². The molecule has 2 unspecified atom stereocenters. The zero-order valence-electron chi connectivity index (χ0n) is 10.6. The fraction of sp³-hybridized carbons (Fsp3) is 0.583. The van der Waals surface area contributed by atoms with Crippen LogP contribution in [-0.2, 0) is 0 Å². The van der Waals surface area contributed by atoms with Gasteiger partial charge in [-0.3, -0.25) is 0 Å². The molecular formula is C12H19ClN2O2S. The SMILES string of the molecule is CCC(CCO)NC(=O)NC(C)c1ccc(Cl)s1. The second-order valence-corrected chi connectivity index (χ2v) is 5.85. The molecule has 0 spiro atoms. The van der Waals surface area contributed by atoms with Crippen molar-refractivity contribution >= 4 is 29.0 Å². The summed E-state index contributed by atoms with van der Waals surface area (Å²) in [5.74, 6) is 0. The van der Waals surface area contributed by atoms with Crippen molar-refractivity contribution in [2.75, 3.05) is 6.61 Å². The van der Waals surface area contributed by atoms with E-state index in [2.05, 4.69) is 10.6 Å². The van der Waals surface area contributed by atoms with Crippen LogP contribution in [0.1, 0.15) is 37.6 Å². The molecule has 0 aliphatic carbocycles. The van der Waals surface area contributed by atoms with Gasteiger partial charge in [-0.25, -0.2) is 4.79 Å². The first-order chi connectivity index (χ1) is 8.56. The highest BCUT2D eigenvalue weighted by Crippen LogP contribution is 2.26. The van der Waals surface area contributed by atoms with Crippen LogP contribution >= 0.6 is 22.9 Å². The summed E-state index contributed by atoms with van der Waals surface area (Å²) in [6.45, 7) is 3.96. The van der Waals surface area contributed by atoms with Crippen LogP contribution < -0.4 is 10.6 Å². The van der Waals surface area contributed by atoms with Gasteiger partial charge in [0, 0.05) is 17.5 Å². The summed E-state index contributed by atoms with van der Waals surface area (Å²) in [6, 6.07) is 3.44. The number of amides is 2. The second kappa shape index (κ2) is 7.61. The maximum Gasteiger partial charge on any atom is 0.315 e. The van der Waals surface area contributed by atoms with Crippen molar-refractivity contribution in [3.63, 3.8) is 0 Å². The molecule has 18 heavy (non-hydrogen) atoms. The average molecular weight is 291 g/mol.